The molecule has 5 heteroatoms. The number of esters is 1. The smallest absolute Gasteiger partial charge is 0.333 e. The topological polar surface area (TPSA) is 62.9 Å². The second kappa shape index (κ2) is 5.11. The third-order valence-electron chi connectivity index (χ3n) is 3.41. The van der Waals surface area contributed by atoms with Gasteiger partial charge in [0, 0.05) is 0 Å². The van der Waals surface area contributed by atoms with Crippen LogP contribution in [0.25, 0.3) is 0 Å². The van der Waals surface area contributed by atoms with Crippen LogP contribution in [-0.4, -0.2) is 22.8 Å². The molecule has 2 atom stereocenters. The first kappa shape index (κ1) is 12.9. The van der Waals surface area contributed by atoms with Gasteiger partial charge in [-0.3, -0.25) is 0 Å². The lowest BCUT2D eigenvalue weighted by Crippen LogP contribution is -2.43. The summed E-state index contributed by atoms with van der Waals surface area (Å²) in [7, 11) is 0. The first-order valence-electron chi connectivity index (χ1n) is 6.42. The number of benzene rings is 1. The number of hydrogen-bond acceptors (Lipinski definition) is 5. The zero-order valence-corrected chi connectivity index (χ0v) is 11.0. The molecule has 0 aliphatic carbocycles. The van der Waals surface area contributed by atoms with Gasteiger partial charge in [-0.25, -0.2) is 4.79 Å². The van der Waals surface area contributed by atoms with Crippen molar-refractivity contribution in [3.8, 4) is 0 Å². The van der Waals surface area contributed by atoms with Gasteiger partial charge < -0.3 is 14.4 Å². The molecule has 20 heavy (non-hydrogen) atoms. The number of hydroxylamine groups is 2. The monoisotopic (exact) mass is 273 g/mol. The van der Waals surface area contributed by atoms with Crippen LogP contribution in [-0.2, 0) is 9.53 Å². The van der Waals surface area contributed by atoms with E-state index in [-0.39, 0.29) is 6.61 Å². The van der Waals surface area contributed by atoms with Gasteiger partial charge in [-0.1, -0.05) is 30.3 Å². The normalized spacial score (nSPS) is 23.6. The number of hydrogen-bond donors (Lipinski definition) is 1. The molecule has 104 valence electrons. The van der Waals surface area contributed by atoms with Crippen LogP contribution >= 0.6 is 0 Å². The highest BCUT2D eigenvalue weighted by molar-refractivity contribution is 5.77. The summed E-state index contributed by atoms with van der Waals surface area (Å²) < 4.78 is 10.6. The molecule has 1 saturated heterocycles. The summed E-state index contributed by atoms with van der Waals surface area (Å²) in [6, 6.07) is 11.5. The Bertz CT molecular complexity index is 607. The number of rotatable bonds is 2. The summed E-state index contributed by atoms with van der Waals surface area (Å²) in [5, 5.41) is 11.4. The molecule has 0 spiro atoms. The fourth-order valence-electron chi connectivity index (χ4n) is 2.38. The van der Waals surface area contributed by atoms with Crippen molar-refractivity contribution in [2.45, 2.75) is 19.0 Å². The lowest BCUT2D eigenvalue weighted by Gasteiger charge is -2.35. The fraction of sp³-hybridized carbons (Fsp3) is 0.267. The highest BCUT2D eigenvalue weighted by Crippen LogP contribution is 2.34. The van der Waals surface area contributed by atoms with Crippen LogP contribution < -0.4 is 0 Å². The van der Waals surface area contributed by atoms with Crippen molar-refractivity contribution < 1.29 is 19.2 Å². The van der Waals surface area contributed by atoms with Crippen LogP contribution in [0.1, 0.15) is 29.2 Å². The molecule has 1 aromatic heterocycles. The number of cyclic esters (lactones) is 1. The van der Waals surface area contributed by atoms with E-state index in [2.05, 4.69) is 0 Å². The number of aryl methyl sites for hydroxylation is 1. The Morgan fingerprint density at radius 3 is 2.60 bits per heavy atom. The number of nitrogens with zero attached hydrogens (tertiary/aromatic N) is 1. The van der Waals surface area contributed by atoms with E-state index in [4.69, 9.17) is 9.15 Å². The molecule has 1 aliphatic rings. The van der Waals surface area contributed by atoms with Gasteiger partial charge in [0.25, 0.3) is 0 Å². The van der Waals surface area contributed by atoms with Gasteiger partial charge in [-0.2, -0.15) is 5.06 Å². The van der Waals surface area contributed by atoms with Crippen LogP contribution in [0.2, 0.25) is 0 Å². The van der Waals surface area contributed by atoms with Crippen molar-refractivity contribution in [1.29, 1.82) is 0 Å². The van der Waals surface area contributed by atoms with E-state index in [1.165, 1.54) is 0 Å². The summed E-state index contributed by atoms with van der Waals surface area (Å²) in [5.74, 6) is 0.563. The zero-order chi connectivity index (χ0) is 14.1. The summed E-state index contributed by atoms with van der Waals surface area (Å²) in [4.78, 5) is 11.9. The van der Waals surface area contributed by atoms with Crippen molar-refractivity contribution in [1.82, 2.24) is 5.06 Å². The average molecular weight is 273 g/mol. The Labute approximate surface area is 116 Å². The Balaban J connectivity index is 1.92. The van der Waals surface area contributed by atoms with Crippen molar-refractivity contribution in [3.63, 3.8) is 0 Å². The minimum Gasteiger partial charge on any atom is -0.464 e. The minimum absolute atomic E-state index is 0.121. The van der Waals surface area contributed by atoms with Crippen LogP contribution in [0.5, 0.6) is 0 Å². The van der Waals surface area contributed by atoms with Crippen LogP contribution in [0.4, 0.5) is 0 Å². The molecule has 0 unspecified atom stereocenters. The standard InChI is InChI=1S/C15H15NO4/c1-10-7-8-13(20-10)14-15(17)19-9-12(16(14)18)11-5-3-2-4-6-11/h2-8,12,14,18H,9H2,1H3/t12-,14+/m0/s1. The molecule has 1 aliphatic heterocycles. The molecule has 3 rings (SSSR count). The Hall–Kier alpha value is -2.11. The SMILES string of the molecule is Cc1ccc([C@@H]2C(=O)OC[C@@H](c3ccccc3)N2O)o1. The maximum atomic E-state index is 11.9. The molecule has 2 heterocycles. The fourth-order valence-corrected chi connectivity index (χ4v) is 2.38. The molecule has 0 radical (unpaired) electrons. The van der Waals surface area contributed by atoms with Crippen LogP contribution in [0, 0.1) is 6.92 Å². The highest BCUT2D eigenvalue weighted by Gasteiger charge is 2.41. The molecule has 1 aromatic carbocycles. The van der Waals surface area contributed by atoms with E-state index in [0.717, 1.165) is 10.6 Å². The highest BCUT2D eigenvalue weighted by atomic mass is 16.6. The number of carbonyl (C=O) groups is 1. The Kier molecular flexibility index (Phi) is 3.30. The Morgan fingerprint density at radius 1 is 1.20 bits per heavy atom. The van der Waals surface area contributed by atoms with Gasteiger partial charge in [0.2, 0.25) is 0 Å². The van der Waals surface area contributed by atoms with Gasteiger partial charge in [0.1, 0.15) is 18.1 Å². The van der Waals surface area contributed by atoms with E-state index >= 15 is 0 Å². The lowest BCUT2D eigenvalue weighted by molar-refractivity contribution is -0.223. The molecule has 0 bridgehead atoms. The molecular weight excluding hydrogens is 258 g/mol. The summed E-state index contributed by atoms with van der Waals surface area (Å²) in [5.41, 5.74) is 0.885. The molecular formula is C15H15NO4. The first-order chi connectivity index (χ1) is 9.66. The summed E-state index contributed by atoms with van der Waals surface area (Å²) in [6.45, 7) is 1.91. The number of morpholine rings is 1. The average Bonchev–Trinajstić information content (AvgIpc) is 2.86. The molecule has 0 amide bonds. The predicted molar refractivity (Wildman–Crippen MR) is 70.0 cm³/mol. The predicted octanol–water partition coefficient (Wildman–Crippen LogP) is 2.62. The van der Waals surface area contributed by atoms with Gasteiger partial charge in [0.05, 0.1) is 6.04 Å². The van der Waals surface area contributed by atoms with E-state index in [1.807, 2.05) is 30.3 Å². The molecule has 1 N–H and O–H groups in total. The van der Waals surface area contributed by atoms with Gasteiger partial charge in [-0.15, -0.1) is 0 Å². The second-order valence-electron chi connectivity index (χ2n) is 4.79. The van der Waals surface area contributed by atoms with E-state index < -0.39 is 18.1 Å². The maximum absolute atomic E-state index is 11.9. The third-order valence-corrected chi connectivity index (χ3v) is 3.41. The molecule has 5 nitrogen and oxygen atoms in total. The van der Waals surface area contributed by atoms with E-state index in [1.54, 1.807) is 19.1 Å². The van der Waals surface area contributed by atoms with Crippen molar-refractivity contribution in [2.75, 3.05) is 6.61 Å². The number of carbonyl (C=O) groups excluding carboxylic acids is 1. The van der Waals surface area contributed by atoms with Crippen LogP contribution in [0.3, 0.4) is 0 Å². The van der Waals surface area contributed by atoms with Crippen molar-refractivity contribution >= 4 is 5.97 Å². The largest absolute Gasteiger partial charge is 0.464 e. The lowest BCUT2D eigenvalue weighted by atomic mass is 10.0. The number of ether oxygens (including phenoxy) is 1. The first-order valence-corrected chi connectivity index (χ1v) is 6.42. The Morgan fingerprint density at radius 2 is 1.95 bits per heavy atom. The summed E-state index contributed by atoms with van der Waals surface area (Å²) >= 11 is 0. The van der Waals surface area contributed by atoms with Gasteiger partial charge in [0.15, 0.2) is 6.04 Å². The van der Waals surface area contributed by atoms with E-state index in [9.17, 15) is 10.0 Å². The minimum atomic E-state index is -0.928. The quantitative estimate of drug-likeness (QED) is 0.852. The van der Waals surface area contributed by atoms with Gasteiger partial charge >= 0.3 is 5.97 Å². The third kappa shape index (κ3) is 2.21. The zero-order valence-electron chi connectivity index (χ0n) is 11.0. The molecule has 0 saturated carbocycles. The summed E-state index contributed by atoms with van der Waals surface area (Å²) in [6.07, 6.45) is 0. The molecule has 1 fully saturated rings. The van der Waals surface area contributed by atoms with Gasteiger partial charge in [-0.05, 0) is 24.6 Å². The van der Waals surface area contributed by atoms with Crippen molar-refractivity contribution in [3.05, 3.63) is 59.5 Å². The molecule has 2 aromatic rings. The van der Waals surface area contributed by atoms with Crippen molar-refractivity contribution in [2.24, 2.45) is 0 Å². The number of furan rings is 1. The second-order valence-corrected chi connectivity index (χ2v) is 4.79. The van der Waals surface area contributed by atoms with E-state index in [0.29, 0.717) is 11.5 Å². The maximum Gasteiger partial charge on any atom is 0.333 e. The van der Waals surface area contributed by atoms with Crippen LogP contribution in [0.15, 0.2) is 46.9 Å².